The Labute approximate surface area is 494 Å². The van der Waals surface area contributed by atoms with Crippen LogP contribution in [0.1, 0.15) is 69.1 Å². The lowest BCUT2D eigenvalue weighted by molar-refractivity contribution is -0.0435. The number of nitrogens with zero attached hydrogens (tertiary/aromatic N) is 5. The number of halogens is 4. The minimum Gasteiger partial charge on any atom is -0.478 e. The van der Waals surface area contributed by atoms with Crippen LogP contribution in [0.3, 0.4) is 0 Å². The summed E-state index contributed by atoms with van der Waals surface area (Å²) in [5.74, 6) is -0.474. The molecule has 3 aliphatic rings. The summed E-state index contributed by atoms with van der Waals surface area (Å²) < 4.78 is 120. The molecule has 5 aromatic carbocycles. The number of thioether (sulfide) groups is 1. The number of rotatable bonds is 23. The Morgan fingerprint density at radius 3 is 2.08 bits per heavy atom. The number of likely N-dealkylation sites (tertiary alicyclic amines) is 1. The van der Waals surface area contributed by atoms with Crippen molar-refractivity contribution in [2.24, 2.45) is 5.92 Å². The first kappa shape index (κ1) is 62.3. The zero-order valence-corrected chi connectivity index (χ0v) is 51.4. The average molecular weight is 1240 g/mol. The van der Waals surface area contributed by atoms with Crippen LogP contribution in [0.25, 0.3) is 22.4 Å². The Hall–Kier alpha value is -5.27. The Bertz CT molecular complexity index is 3430. The van der Waals surface area contributed by atoms with Crippen molar-refractivity contribution in [3.63, 3.8) is 0 Å². The summed E-state index contributed by atoms with van der Waals surface area (Å²) in [7, 11) is -13.3. The van der Waals surface area contributed by atoms with Gasteiger partial charge in [-0.25, -0.2) is 13.2 Å². The van der Waals surface area contributed by atoms with Gasteiger partial charge in [-0.1, -0.05) is 54.1 Å². The predicted octanol–water partition coefficient (Wildman–Crippen LogP) is 14.0. The van der Waals surface area contributed by atoms with Gasteiger partial charge in [0.15, 0.2) is 0 Å². The van der Waals surface area contributed by atoms with Gasteiger partial charge in [0.1, 0.15) is 4.90 Å². The molecular formula is C60H72ClF3N6O9P2S2. The minimum atomic E-state index is -5.98. The molecule has 0 bridgehead atoms. The molecule has 0 saturated carbocycles. The SMILES string of the molecule is CCOP(=O)(CC1CCN(CCC(CSc2ccccc2)Nc2ccc([P@]3(=O)OCCN3c3ccc(N4CCN(c5cccc(-c6c(C(=O)O)c(C)n(C(C)C)c6-c6ccc(Cl)cc6)c5)CC4)cc3)cc2S(=O)(=O)C(F)(F)F)CC1)OCC. The zero-order chi connectivity index (χ0) is 59.3. The number of nitrogens with one attached hydrogen (secondary N) is 1. The number of hydrogen-bond donors (Lipinski definition) is 2. The highest BCUT2D eigenvalue weighted by atomic mass is 35.5. The van der Waals surface area contributed by atoms with Crippen LogP contribution >= 0.6 is 38.5 Å². The highest BCUT2D eigenvalue weighted by Crippen LogP contribution is 2.56. The van der Waals surface area contributed by atoms with E-state index in [0.717, 1.165) is 52.0 Å². The van der Waals surface area contributed by atoms with Crippen molar-refractivity contribution in [2.75, 3.05) is 104 Å². The lowest BCUT2D eigenvalue weighted by atomic mass is 9.96. The molecule has 3 saturated heterocycles. The number of sulfone groups is 1. The van der Waals surface area contributed by atoms with E-state index in [1.807, 2.05) is 99.6 Å². The van der Waals surface area contributed by atoms with Crippen LogP contribution in [0.4, 0.5) is 35.9 Å². The fourth-order valence-corrected chi connectivity index (χ4v) is 18.0. The van der Waals surface area contributed by atoms with Gasteiger partial charge in [0.25, 0.3) is 9.84 Å². The van der Waals surface area contributed by atoms with Gasteiger partial charge in [0.05, 0.1) is 54.8 Å². The molecule has 6 aromatic rings. The second-order valence-electron chi connectivity index (χ2n) is 21.3. The summed E-state index contributed by atoms with van der Waals surface area (Å²) in [4.78, 5) is 19.6. The third kappa shape index (κ3) is 14.0. The number of hydrogen-bond acceptors (Lipinski definition) is 13. The molecule has 0 spiro atoms. The first-order valence-electron chi connectivity index (χ1n) is 28.1. The van der Waals surface area contributed by atoms with Gasteiger partial charge < -0.3 is 43.3 Å². The molecule has 4 heterocycles. The number of aromatic nitrogens is 1. The molecule has 3 fully saturated rings. The molecule has 15 nitrogen and oxygen atoms in total. The smallest absolute Gasteiger partial charge is 0.478 e. The number of anilines is 4. The maximum Gasteiger partial charge on any atom is 0.501 e. The molecule has 1 unspecified atom stereocenters. The first-order valence-corrected chi connectivity index (χ1v) is 34.3. The van der Waals surface area contributed by atoms with Crippen molar-refractivity contribution in [1.29, 1.82) is 0 Å². The summed E-state index contributed by atoms with van der Waals surface area (Å²) >= 11 is 7.78. The van der Waals surface area contributed by atoms with Gasteiger partial charge in [-0.3, -0.25) is 13.8 Å². The standard InChI is InChI=1S/C60H72ClF3N6O9P2S2/c1-6-77-80(73,78-7-2)40-44-26-29-66(30-27-44)31-28-48(41-82-53-14-9-8-10-15-53)65-54-25-24-52(39-55(54)83(75,76)60(62,63)64)81(74)69(36-37-79-81)50-22-20-49(21-23-50)67-32-34-68(35-33-67)51-13-11-12-46(38-51)57-56(59(71)72)43(5)70(42(3)4)58(57)45-16-18-47(61)19-17-45/h8-25,38-39,42,44,48,65H,6-7,26-37,40-41H2,1-5H3,(H,71,72)/t48?,81-/m0/s1. The summed E-state index contributed by atoms with van der Waals surface area (Å²) in [5, 5.41) is 14.2. The maximum atomic E-state index is 15.1. The molecular weight excluding hydrogens is 1170 g/mol. The Morgan fingerprint density at radius 1 is 0.831 bits per heavy atom. The summed E-state index contributed by atoms with van der Waals surface area (Å²) in [5.41, 5.74) is 0.402. The van der Waals surface area contributed by atoms with Crippen LogP contribution in [0.5, 0.6) is 0 Å². The molecule has 2 atom stereocenters. The van der Waals surface area contributed by atoms with E-state index < -0.39 is 47.4 Å². The molecule has 9 rings (SSSR count). The Morgan fingerprint density at radius 2 is 1.47 bits per heavy atom. The average Bonchev–Trinajstić information content (AvgIpc) is 3.98. The first-order chi connectivity index (χ1) is 39.6. The van der Waals surface area contributed by atoms with E-state index in [2.05, 4.69) is 24.6 Å². The normalized spacial score (nSPS) is 18.1. The third-order valence-electron chi connectivity index (χ3n) is 15.6. The van der Waals surface area contributed by atoms with E-state index in [-0.39, 0.29) is 54.9 Å². The molecule has 0 amide bonds. The fourth-order valence-electron chi connectivity index (χ4n) is 11.5. The van der Waals surface area contributed by atoms with E-state index in [1.54, 1.807) is 38.1 Å². The van der Waals surface area contributed by atoms with E-state index in [9.17, 15) is 36.1 Å². The molecule has 446 valence electrons. The van der Waals surface area contributed by atoms with Gasteiger partial charge in [0, 0.05) is 88.8 Å². The predicted molar refractivity (Wildman–Crippen MR) is 328 cm³/mol. The molecule has 3 aliphatic heterocycles. The van der Waals surface area contributed by atoms with Crippen LogP contribution in [-0.2, 0) is 32.5 Å². The van der Waals surface area contributed by atoms with Crippen molar-refractivity contribution < 1.29 is 54.2 Å². The highest BCUT2D eigenvalue weighted by Gasteiger charge is 2.50. The summed E-state index contributed by atoms with van der Waals surface area (Å²) in [6, 6.07) is 35.3. The van der Waals surface area contributed by atoms with Crippen molar-refractivity contribution in [1.82, 2.24) is 9.47 Å². The maximum absolute atomic E-state index is 15.1. The van der Waals surface area contributed by atoms with Gasteiger partial charge in [0.2, 0.25) is 0 Å². The second-order valence-corrected chi connectivity index (χ2v) is 29.1. The Balaban J connectivity index is 0.903. The molecule has 2 N–H and O–H groups in total. The number of alkyl halides is 3. The van der Waals surface area contributed by atoms with Gasteiger partial charge in [-0.05, 0) is 163 Å². The van der Waals surface area contributed by atoms with Crippen LogP contribution in [0.2, 0.25) is 5.02 Å². The van der Waals surface area contributed by atoms with Crippen molar-refractivity contribution >= 4 is 82.3 Å². The van der Waals surface area contributed by atoms with Crippen molar-refractivity contribution in [3.05, 3.63) is 138 Å². The summed E-state index contributed by atoms with van der Waals surface area (Å²) in [6.45, 7) is 14.7. The molecule has 23 heteroatoms. The fraction of sp³-hybridized carbons (Fsp3) is 0.417. The number of piperazine rings is 1. The van der Waals surface area contributed by atoms with Crippen LogP contribution < -0.4 is 25.1 Å². The van der Waals surface area contributed by atoms with Gasteiger partial charge in [-0.2, -0.15) is 13.2 Å². The number of benzene rings is 5. The number of piperidine rings is 1. The molecule has 0 radical (unpaired) electrons. The topological polar surface area (TPSA) is 163 Å². The van der Waals surface area contributed by atoms with Crippen molar-refractivity contribution in [3.8, 4) is 22.4 Å². The number of carboxylic acids is 1. The number of aromatic carboxylic acids is 1. The molecule has 1 aromatic heterocycles. The Kier molecular flexibility index (Phi) is 19.9. The number of carboxylic acid groups (broad SMARTS) is 1. The third-order valence-corrected chi connectivity index (χ3v) is 23.3. The van der Waals surface area contributed by atoms with E-state index >= 15 is 4.57 Å². The highest BCUT2D eigenvalue weighted by molar-refractivity contribution is 7.99. The van der Waals surface area contributed by atoms with Crippen LogP contribution in [-0.4, -0.2) is 125 Å². The van der Waals surface area contributed by atoms with E-state index in [4.69, 9.17) is 25.2 Å². The van der Waals surface area contributed by atoms with E-state index in [1.165, 1.54) is 28.6 Å². The summed E-state index contributed by atoms with van der Waals surface area (Å²) in [6.07, 6.45) is 2.32. The zero-order valence-electron chi connectivity index (χ0n) is 47.3. The lowest BCUT2D eigenvalue weighted by Gasteiger charge is -2.37. The quantitative estimate of drug-likeness (QED) is 0.0460. The molecule has 0 aliphatic carbocycles. The van der Waals surface area contributed by atoms with Crippen LogP contribution in [0.15, 0.2) is 131 Å². The van der Waals surface area contributed by atoms with Gasteiger partial charge >= 0.3 is 26.6 Å². The lowest BCUT2D eigenvalue weighted by Crippen LogP contribution is -2.46. The van der Waals surface area contributed by atoms with Crippen LogP contribution in [0, 0.1) is 12.8 Å². The monoisotopic (exact) mass is 1240 g/mol. The van der Waals surface area contributed by atoms with E-state index in [0.29, 0.717) is 86.1 Å². The number of carbonyl (C=O) groups is 1. The second kappa shape index (κ2) is 26.6. The van der Waals surface area contributed by atoms with Crippen molar-refractivity contribution in [2.45, 2.75) is 81.3 Å². The largest absolute Gasteiger partial charge is 0.501 e. The van der Waals surface area contributed by atoms with Gasteiger partial charge in [-0.15, -0.1) is 11.8 Å². The minimum absolute atomic E-state index is 0.0128. The molecule has 83 heavy (non-hydrogen) atoms.